The summed E-state index contributed by atoms with van der Waals surface area (Å²) < 4.78 is 0. The molecule has 1 atom stereocenters. The third-order valence-electron chi connectivity index (χ3n) is 3.17. The molecule has 17 heavy (non-hydrogen) atoms. The molecular weight excluding hydrogens is 216 g/mol. The number of urea groups is 1. The molecule has 0 saturated carbocycles. The third kappa shape index (κ3) is 5.91. The molecule has 1 unspecified atom stereocenters. The van der Waals surface area contributed by atoms with Crippen LogP contribution in [0.3, 0.4) is 0 Å². The summed E-state index contributed by atoms with van der Waals surface area (Å²) in [5, 5.41) is 12.4. The fraction of sp³-hybridized carbons (Fsp3) is 0.923. The molecule has 0 aromatic carbocycles. The largest absolute Gasteiger partial charge is 0.391 e. The molecule has 1 heterocycles. The van der Waals surface area contributed by atoms with Gasteiger partial charge in [0, 0.05) is 19.6 Å². The highest BCUT2D eigenvalue weighted by atomic mass is 16.3. The summed E-state index contributed by atoms with van der Waals surface area (Å²) in [6.07, 6.45) is 4.81. The number of carbonyl (C=O) groups is 1. The predicted octanol–water partition coefficient (Wildman–Crippen LogP) is 1.98. The minimum Gasteiger partial charge on any atom is -0.391 e. The first-order chi connectivity index (χ1) is 8.09. The Balaban J connectivity index is 2.08. The third-order valence-corrected chi connectivity index (χ3v) is 3.17. The minimum atomic E-state index is -0.338. The molecule has 1 aliphatic heterocycles. The average molecular weight is 242 g/mol. The van der Waals surface area contributed by atoms with Gasteiger partial charge in [-0.05, 0) is 25.2 Å². The second-order valence-corrected chi connectivity index (χ2v) is 5.36. The highest BCUT2D eigenvalue weighted by Gasteiger charge is 2.21. The summed E-state index contributed by atoms with van der Waals surface area (Å²) in [5.74, 6) is 0.739. The van der Waals surface area contributed by atoms with Crippen LogP contribution >= 0.6 is 0 Å². The lowest BCUT2D eigenvalue weighted by Gasteiger charge is -2.30. The van der Waals surface area contributed by atoms with Gasteiger partial charge in [-0.2, -0.15) is 0 Å². The fourth-order valence-corrected chi connectivity index (χ4v) is 2.12. The van der Waals surface area contributed by atoms with Crippen molar-refractivity contribution in [2.45, 2.75) is 52.1 Å². The van der Waals surface area contributed by atoms with E-state index in [2.05, 4.69) is 19.2 Å². The molecule has 1 rings (SSSR count). The Morgan fingerprint density at radius 3 is 2.88 bits per heavy atom. The molecule has 0 spiro atoms. The Kier molecular flexibility index (Phi) is 6.34. The van der Waals surface area contributed by atoms with E-state index in [1.54, 1.807) is 4.90 Å². The number of nitrogens with zero attached hydrogens (tertiary/aromatic N) is 1. The molecule has 0 bridgehead atoms. The zero-order valence-corrected chi connectivity index (χ0v) is 11.1. The Hall–Kier alpha value is -0.770. The van der Waals surface area contributed by atoms with Crippen molar-refractivity contribution in [2.24, 2.45) is 5.92 Å². The normalized spacial score (nSPS) is 20.7. The molecule has 1 saturated heterocycles. The number of nitrogens with one attached hydrogen (secondary N) is 1. The van der Waals surface area contributed by atoms with E-state index in [4.69, 9.17) is 0 Å². The SMILES string of the molecule is CC(C)CCCCNC(=O)N1CCCC(O)C1. The second-order valence-electron chi connectivity index (χ2n) is 5.36. The van der Waals surface area contributed by atoms with Gasteiger partial charge in [-0.3, -0.25) is 0 Å². The van der Waals surface area contributed by atoms with Crippen LogP contribution in [0.5, 0.6) is 0 Å². The lowest BCUT2D eigenvalue weighted by Crippen LogP contribution is -2.47. The lowest BCUT2D eigenvalue weighted by molar-refractivity contribution is 0.0843. The van der Waals surface area contributed by atoms with Crippen LogP contribution in [0, 0.1) is 5.92 Å². The first kappa shape index (κ1) is 14.3. The molecule has 4 nitrogen and oxygen atoms in total. The molecule has 100 valence electrons. The summed E-state index contributed by atoms with van der Waals surface area (Å²) >= 11 is 0. The summed E-state index contributed by atoms with van der Waals surface area (Å²) in [5.41, 5.74) is 0. The van der Waals surface area contributed by atoms with Crippen molar-refractivity contribution in [1.29, 1.82) is 0 Å². The lowest BCUT2D eigenvalue weighted by atomic mass is 10.1. The number of aliphatic hydroxyl groups is 1. The topological polar surface area (TPSA) is 52.6 Å². The number of rotatable bonds is 5. The number of carbonyl (C=O) groups excluding carboxylic acids is 1. The molecule has 0 aromatic heterocycles. The molecule has 0 aromatic rings. The zero-order chi connectivity index (χ0) is 12.7. The number of likely N-dealkylation sites (tertiary alicyclic amines) is 1. The van der Waals surface area contributed by atoms with Crippen molar-refractivity contribution in [3.8, 4) is 0 Å². The van der Waals surface area contributed by atoms with Crippen LogP contribution in [-0.4, -0.2) is 41.8 Å². The average Bonchev–Trinajstić information content (AvgIpc) is 2.28. The van der Waals surface area contributed by atoms with Gasteiger partial charge in [-0.1, -0.05) is 26.7 Å². The highest BCUT2D eigenvalue weighted by Crippen LogP contribution is 2.10. The molecule has 2 amide bonds. The van der Waals surface area contributed by atoms with E-state index >= 15 is 0 Å². The van der Waals surface area contributed by atoms with E-state index in [9.17, 15) is 9.90 Å². The standard InChI is InChI=1S/C13H26N2O2/c1-11(2)6-3-4-8-14-13(17)15-9-5-7-12(16)10-15/h11-12,16H,3-10H2,1-2H3,(H,14,17). The van der Waals surface area contributed by atoms with E-state index in [0.717, 1.165) is 38.3 Å². The van der Waals surface area contributed by atoms with Crippen LogP contribution < -0.4 is 5.32 Å². The van der Waals surface area contributed by atoms with Gasteiger partial charge in [0.05, 0.1) is 6.10 Å². The van der Waals surface area contributed by atoms with Crippen LogP contribution in [0.15, 0.2) is 0 Å². The number of hydrogen-bond donors (Lipinski definition) is 2. The molecule has 2 N–H and O–H groups in total. The van der Waals surface area contributed by atoms with Gasteiger partial charge < -0.3 is 15.3 Å². The van der Waals surface area contributed by atoms with Gasteiger partial charge in [0.2, 0.25) is 0 Å². The quantitative estimate of drug-likeness (QED) is 0.724. The van der Waals surface area contributed by atoms with Crippen LogP contribution in [0.2, 0.25) is 0 Å². The van der Waals surface area contributed by atoms with E-state index in [1.165, 1.54) is 12.8 Å². The molecule has 0 aliphatic carbocycles. The number of piperidine rings is 1. The van der Waals surface area contributed by atoms with Gasteiger partial charge >= 0.3 is 6.03 Å². The molecule has 4 heteroatoms. The predicted molar refractivity (Wildman–Crippen MR) is 68.9 cm³/mol. The van der Waals surface area contributed by atoms with Gasteiger partial charge in [-0.15, -0.1) is 0 Å². The Morgan fingerprint density at radius 2 is 2.24 bits per heavy atom. The van der Waals surface area contributed by atoms with Crippen molar-refractivity contribution in [1.82, 2.24) is 10.2 Å². The highest BCUT2D eigenvalue weighted by molar-refractivity contribution is 5.74. The summed E-state index contributed by atoms with van der Waals surface area (Å²) in [4.78, 5) is 13.5. The maximum absolute atomic E-state index is 11.7. The van der Waals surface area contributed by atoms with Gasteiger partial charge in [0.1, 0.15) is 0 Å². The molecule has 1 fully saturated rings. The summed E-state index contributed by atoms with van der Waals surface area (Å²) in [6.45, 7) is 6.44. The monoisotopic (exact) mass is 242 g/mol. The number of hydrogen-bond acceptors (Lipinski definition) is 2. The van der Waals surface area contributed by atoms with Crippen LogP contribution in [-0.2, 0) is 0 Å². The number of amides is 2. The summed E-state index contributed by atoms with van der Waals surface area (Å²) in [7, 11) is 0. The zero-order valence-electron chi connectivity index (χ0n) is 11.1. The maximum atomic E-state index is 11.7. The Labute approximate surface area is 104 Å². The van der Waals surface area contributed by atoms with Gasteiger partial charge in [-0.25, -0.2) is 4.79 Å². The van der Waals surface area contributed by atoms with E-state index in [-0.39, 0.29) is 12.1 Å². The van der Waals surface area contributed by atoms with E-state index in [1.807, 2.05) is 0 Å². The fourth-order valence-electron chi connectivity index (χ4n) is 2.12. The van der Waals surface area contributed by atoms with Crippen LogP contribution in [0.25, 0.3) is 0 Å². The minimum absolute atomic E-state index is 0.0201. The van der Waals surface area contributed by atoms with Crippen LogP contribution in [0.1, 0.15) is 46.0 Å². The summed E-state index contributed by atoms with van der Waals surface area (Å²) in [6, 6.07) is -0.0201. The van der Waals surface area contributed by atoms with Crippen molar-refractivity contribution in [3.05, 3.63) is 0 Å². The number of unbranched alkanes of at least 4 members (excludes halogenated alkanes) is 1. The molecular formula is C13H26N2O2. The number of aliphatic hydroxyl groups excluding tert-OH is 1. The maximum Gasteiger partial charge on any atom is 0.317 e. The molecule has 1 aliphatic rings. The van der Waals surface area contributed by atoms with Gasteiger partial charge in [0.15, 0.2) is 0 Å². The first-order valence-electron chi connectivity index (χ1n) is 6.80. The van der Waals surface area contributed by atoms with Crippen molar-refractivity contribution in [3.63, 3.8) is 0 Å². The molecule has 0 radical (unpaired) electrons. The van der Waals surface area contributed by atoms with E-state index in [0.29, 0.717) is 6.54 Å². The van der Waals surface area contributed by atoms with Crippen LogP contribution in [0.4, 0.5) is 4.79 Å². The Morgan fingerprint density at radius 1 is 1.47 bits per heavy atom. The second kappa shape index (κ2) is 7.54. The smallest absolute Gasteiger partial charge is 0.317 e. The first-order valence-corrected chi connectivity index (χ1v) is 6.80. The van der Waals surface area contributed by atoms with Crippen molar-refractivity contribution < 1.29 is 9.90 Å². The van der Waals surface area contributed by atoms with Gasteiger partial charge in [0.25, 0.3) is 0 Å². The van der Waals surface area contributed by atoms with Crippen molar-refractivity contribution in [2.75, 3.05) is 19.6 Å². The van der Waals surface area contributed by atoms with Crippen molar-refractivity contribution >= 4 is 6.03 Å². The number of β-amino-alcohol motifs (C(OH)–C–C–N with tert-alkyl or cyclic N) is 1. The Bertz CT molecular complexity index is 231. The van der Waals surface area contributed by atoms with E-state index < -0.39 is 0 Å².